The second-order valence-corrected chi connectivity index (χ2v) is 6.85. The fraction of sp³-hybridized carbons (Fsp3) is 0.292. The van der Waals surface area contributed by atoms with Crippen molar-refractivity contribution in [2.45, 2.75) is 25.9 Å². The van der Waals surface area contributed by atoms with Gasteiger partial charge in [0.15, 0.2) is 5.41 Å². The van der Waals surface area contributed by atoms with Crippen LogP contribution in [0.3, 0.4) is 0 Å². The summed E-state index contributed by atoms with van der Waals surface area (Å²) in [7, 11) is 2.43. The Balaban J connectivity index is 2.44. The van der Waals surface area contributed by atoms with Crippen molar-refractivity contribution in [2.75, 3.05) is 14.2 Å². The molecule has 0 saturated heterocycles. The van der Waals surface area contributed by atoms with E-state index in [-0.39, 0.29) is 12.8 Å². The first-order valence-corrected chi connectivity index (χ1v) is 9.52. The summed E-state index contributed by atoms with van der Waals surface area (Å²) >= 11 is 0. The van der Waals surface area contributed by atoms with Crippen LogP contribution < -0.4 is 0 Å². The van der Waals surface area contributed by atoms with Crippen LogP contribution in [0.1, 0.15) is 24.5 Å². The van der Waals surface area contributed by atoms with Crippen molar-refractivity contribution in [2.24, 2.45) is 5.41 Å². The van der Waals surface area contributed by atoms with Crippen molar-refractivity contribution in [1.82, 2.24) is 0 Å². The van der Waals surface area contributed by atoms with Crippen molar-refractivity contribution in [3.63, 3.8) is 0 Å². The topological polar surface area (TPSA) is 78.9 Å². The Morgan fingerprint density at radius 2 is 1.43 bits per heavy atom. The van der Waals surface area contributed by atoms with Crippen LogP contribution in [0.25, 0.3) is 6.08 Å². The zero-order valence-corrected chi connectivity index (χ0v) is 17.4. The molecule has 0 heterocycles. The molecule has 0 spiro atoms. The fourth-order valence-electron chi connectivity index (χ4n) is 3.29. The molecule has 6 nitrogen and oxygen atoms in total. The number of benzene rings is 2. The van der Waals surface area contributed by atoms with Gasteiger partial charge in [0.25, 0.3) is 0 Å². The maximum atomic E-state index is 12.8. The van der Waals surface area contributed by atoms with Gasteiger partial charge in [0.05, 0.1) is 14.2 Å². The predicted molar refractivity (Wildman–Crippen MR) is 112 cm³/mol. The molecule has 0 N–H and O–H groups in total. The molecule has 1 unspecified atom stereocenters. The lowest BCUT2D eigenvalue weighted by atomic mass is 9.76. The molecule has 1 atom stereocenters. The summed E-state index contributed by atoms with van der Waals surface area (Å²) in [6.45, 7) is 1.28. The van der Waals surface area contributed by atoms with Gasteiger partial charge in [-0.1, -0.05) is 66.7 Å². The number of carbonyl (C=O) groups is 3. The Labute approximate surface area is 176 Å². The molecule has 0 radical (unpaired) electrons. The van der Waals surface area contributed by atoms with E-state index in [2.05, 4.69) is 0 Å². The van der Waals surface area contributed by atoms with Gasteiger partial charge >= 0.3 is 17.9 Å². The molecule has 0 aliphatic heterocycles. The maximum absolute atomic E-state index is 12.8. The van der Waals surface area contributed by atoms with E-state index in [0.29, 0.717) is 0 Å². The van der Waals surface area contributed by atoms with Gasteiger partial charge in [-0.15, -0.1) is 0 Å². The molecule has 30 heavy (non-hydrogen) atoms. The molecule has 2 rings (SSSR count). The van der Waals surface area contributed by atoms with E-state index in [4.69, 9.17) is 14.2 Å². The van der Waals surface area contributed by atoms with Crippen molar-refractivity contribution in [1.29, 1.82) is 0 Å². The summed E-state index contributed by atoms with van der Waals surface area (Å²) in [5, 5.41) is 0. The Kier molecular flexibility index (Phi) is 8.35. The molecule has 2 aromatic carbocycles. The molecule has 0 saturated carbocycles. The van der Waals surface area contributed by atoms with Crippen molar-refractivity contribution >= 4 is 24.0 Å². The monoisotopic (exact) mass is 410 g/mol. The average Bonchev–Trinajstić information content (AvgIpc) is 2.76. The van der Waals surface area contributed by atoms with Gasteiger partial charge in [-0.3, -0.25) is 14.4 Å². The van der Waals surface area contributed by atoms with Crippen LogP contribution in [0.2, 0.25) is 0 Å². The van der Waals surface area contributed by atoms with Gasteiger partial charge in [-0.2, -0.15) is 0 Å². The molecule has 0 amide bonds. The van der Waals surface area contributed by atoms with E-state index in [1.807, 2.05) is 48.5 Å². The number of rotatable bonds is 9. The summed E-state index contributed by atoms with van der Waals surface area (Å²) in [5.41, 5.74) is -0.0345. The van der Waals surface area contributed by atoms with Crippen LogP contribution in [0.15, 0.2) is 66.7 Å². The zero-order valence-electron chi connectivity index (χ0n) is 17.4. The second-order valence-electron chi connectivity index (χ2n) is 6.85. The Morgan fingerprint density at radius 3 is 1.93 bits per heavy atom. The summed E-state index contributed by atoms with van der Waals surface area (Å²) in [6, 6.07) is 18.5. The Bertz CT molecular complexity index is 857. The van der Waals surface area contributed by atoms with Crippen molar-refractivity contribution in [3.05, 3.63) is 77.9 Å². The lowest BCUT2D eigenvalue weighted by molar-refractivity contribution is -0.173. The zero-order chi connectivity index (χ0) is 22.0. The predicted octanol–water partition coefficient (Wildman–Crippen LogP) is 3.60. The molecule has 0 bridgehead atoms. The van der Waals surface area contributed by atoms with E-state index in [0.717, 1.165) is 11.1 Å². The largest absolute Gasteiger partial charge is 0.468 e. The van der Waals surface area contributed by atoms with Crippen molar-refractivity contribution in [3.8, 4) is 0 Å². The fourth-order valence-corrected chi connectivity index (χ4v) is 3.29. The number of methoxy groups -OCH3 is 2. The summed E-state index contributed by atoms with van der Waals surface area (Å²) in [6.07, 6.45) is 2.51. The summed E-state index contributed by atoms with van der Waals surface area (Å²) in [5.74, 6) is -2.02. The van der Waals surface area contributed by atoms with Gasteiger partial charge in [-0.05, 0) is 23.6 Å². The molecule has 6 heteroatoms. The SMILES string of the molecule is COC(=O)C(Cc1ccccc1)(CC(/C=C/c1ccccc1)OC(C)=O)C(=O)OC. The standard InChI is InChI=1S/C24H26O6/c1-18(25)30-21(15-14-19-10-6-4-7-11-19)17-24(22(26)28-2,23(27)29-3)16-20-12-8-5-9-13-20/h4-15,21H,16-17H2,1-3H3/b15-14+. The summed E-state index contributed by atoms with van der Waals surface area (Å²) in [4.78, 5) is 37.4. The molecular formula is C24H26O6. The van der Waals surface area contributed by atoms with E-state index in [1.165, 1.54) is 21.1 Å². The van der Waals surface area contributed by atoms with Crippen molar-refractivity contribution < 1.29 is 28.6 Å². The second kappa shape index (κ2) is 11.0. The Hall–Kier alpha value is -3.41. The normalized spacial score (nSPS) is 12.2. The third-order valence-electron chi connectivity index (χ3n) is 4.67. The molecule has 0 fully saturated rings. The number of esters is 3. The van der Waals surface area contributed by atoms with E-state index < -0.39 is 29.4 Å². The first-order valence-electron chi connectivity index (χ1n) is 9.52. The highest BCUT2D eigenvalue weighted by atomic mass is 16.6. The third-order valence-corrected chi connectivity index (χ3v) is 4.67. The maximum Gasteiger partial charge on any atom is 0.323 e. The van der Waals surface area contributed by atoms with Crippen LogP contribution in [-0.2, 0) is 35.0 Å². The Morgan fingerprint density at radius 1 is 0.900 bits per heavy atom. The quantitative estimate of drug-likeness (QED) is 0.357. The van der Waals surface area contributed by atoms with Crippen LogP contribution in [0, 0.1) is 5.41 Å². The highest BCUT2D eigenvalue weighted by Gasteiger charge is 2.50. The van der Waals surface area contributed by atoms with Gasteiger partial charge in [0.1, 0.15) is 6.10 Å². The minimum atomic E-state index is -1.67. The molecule has 158 valence electrons. The highest BCUT2D eigenvalue weighted by Crippen LogP contribution is 2.34. The lowest BCUT2D eigenvalue weighted by Gasteiger charge is -2.30. The minimum absolute atomic E-state index is 0.0458. The number of hydrogen-bond donors (Lipinski definition) is 0. The average molecular weight is 410 g/mol. The van der Waals surface area contributed by atoms with Crippen LogP contribution in [-0.4, -0.2) is 38.2 Å². The lowest BCUT2D eigenvalue weighted by Crippen LogP contribution is -2.46. The first-order chi connectivity index (χ1) is 14.4. The summed E-state index contributed by atoms with van der Waals surface area (Å²) < 4.78 is 15.4. The number of hydrogen-bond acceptors (Lipinski definition) is 6. The van der Waals surface area contributed by atoms with Gasteiger partial charge < -0.3 is 14.2 Å². The highest BCUT2D eigenvalue weighted by molar-refractivity contribution is 6.00. The van der Waals surface area contributed by atoms with Gasteiger partial charge in [-0.25, -0.2) is 0 Å². The smallest absolute Gasteiger partial charge is 0.323 e. The van der Waals surface area contributed by atoms with E-state index in [9.17, 15) is 14.4 Å². The van der Waals surface area contributed by atoms with Gasteiger partial charge in [0.2, 0.25) is 0 Å². The van der Waals surface area contributed by atoms with E-state index >= 15 is 0 Å². The molecule has 0 aliphatic rings. The minimum Gasteiger partial charge on any atom is -0.468 e. The van der Waals surface area contributed by atoms with Gasteiger partial charge in [0, 0.05) is 13.3 Å². The molecule has 0 aliphatic carbocycles. The van der Waals surface area contributed by atoms with E-state index in [1.54, 1.807) is 24.3 Å². The van der Waals surface area contributed by atoms with Crippen LogP contribution in [0.5, 0.6) is 0 Å². The van der Waals surface area contributed by atoms with Crippen LogP contribution in [0.4, 0.5) is 0 Å². The van der Waals surface area contributed by atoms with Crippen LogP contribution >= 0.6 is 0 Å². The number of carbonyl (C=O) groups excluding carboxylic acids is 3. The third kappa shape index (κ3) is 6.04. The first kappa shape index (κ1) is 22.9. The molecule has 2 aromatic rings. The molecule has 0 aromatic heterocycles. The molecular weight excluding hydrogens is 384 g/mol. The number of ether oxygens (including phenoxy) is 3.